The number of rotatable bonds is 5. The molecule has 1 amide bonds. The minimum atomic E-state index is -0.470. The molecule has 1 heterocycles. The van der Waals surface area contributed by atoms with E-state index < -0.39 is 6.10 Å². The Morgan fingerprint density at radius 1 is 1.15 bits per heavy atom. The van der Waals surface area contributed by atoms with E-state index in [0.717, 1.165) is 50.6 Å². The molecule has 1 aromatic carbocycles. The zero-order valence-electron chi connectivity index (χ0n) is 15.9. The molecule has 3 aliphatic rings. The number of hydrogen-bond acceptors (Lipinski definition) is 3. The zero-order chi connectivity index (χ0) is 18.1. The molecule has 142 valence electrons. The number of aliphatic hydroxyl groups is 1. The van der Waals surface area contributed by atoms with Gasteiger partial charge in [0.25, 0.3) is 0 Å². The van der Waals surface area contributed by atoms with Gasteiger partial charge in [0.2, 0.25) is 5.91 Å². The van der Waals surface area contributed by atoms with Crippen LogP contribution in [0.5, 0.6) is 0 Å². The summed E-state index contributed by atoms with van der Waals surface area (Å²) in [5, 5.41) is 10.6. The fourth-order valence-corrected chi connectivity index (χ4v) is 5.05. The molecule has 1 N–H and O–H groups in total. The predicted molar refractivity (Wildman–Crippen MR) is 103 cm³/mol. The SMILES string of the molecule is CN(CC(O)CN1CCc2ccccc2CC1)C(=O)C1CCC2CC2C1. The van der Waals surface area contributed by atoms with E-state index in [1.807, 2.05) is 7.05 Å². The van der Waals surface area contributed by atoms with Gasteiger partial charge in [0.1, 0.15) is 0 Å². The lowest BCUT2D eigenvalue weighted by molar-refractivity contribution is -0.136. The van der Waals surface area contributed by atoms with Gasteiger partial charge in [0, 0.05) is 39.1 Å². The van der Waals surface area contributed by atoms with E-state index >= 15 is 0 Å². The van der Waals surface area contributed by atoms with Gasteiger partial charge in [-0.05, 0) is 61.5 Å². The summed E-state index contributed by atoms with van der Waals surface area (Å²) in [6, 6.07) is 8.66. The zero-order valence-corrected chi connectivity index (χ0v) is 15.9. The lowest BCUT2D eigenvalue weighted by Gasteiger charge is -2.29. The van der Waals surface area contributed by atoms with E-state index in [9.17, 15) is 9.90 Å². The first-order valence-corrected chi connectivity index (χ1v) is 10.3. The standard InChI is InChI=1S/C22H32N2O2/c1-23(22(26)19-7-6-18-12-20(18)13-19)14-21(25)15-24-10-8-16-4-2-3-5-17(16)9-11-24/h2-5,18-21,25H,6-15H2,1H3. The molecule has 2 fully saturated rings. The van der Waals surface area contributed by atoms with Crippen LogP contribution in [0.2, 0.25) is 0 Å². The largest absolute Gasteiger partial charge is 0.390 e. The van der Waals surface area contributed by atoms with Crippen molar-refractivity contribution in [1.29, 1.82) is 0 Å². The van der Waals surface area contributed by atoms with Crippen molar-refractivity contribution in [3.8, 4) is 0 Å². The molecule has 4 unspecified atom stereocenters. The normalized spacial score (nSPS) is 29.2. The number of nitrogens with zero attached hydrogens (tertiary/aromatic N) is 2. The Balaban J connectivity index is 1.24. The molecule has 2 aliphatic carbocycles. The maximum absolute atomic E-state index is 12.7. The van der Waals surface area contributed by atoms with E-state index in [1.165, 1.54) is 24.0 Å². The van der Waals surface area contributed by atoms with Crippen molar-refractivity contribution < 1.29 is 9.90 Å². The van der Waals surface area contributed by atoms with E-state index in [4.69, 9.17) is 0 Å². The van der Waals surface area contributed by atoms with Crippen LogP contribution < -0.4 is 0 Å². The summed E-state index contributed by atoms with van der Waals surface area (Å²) < 4.78 is 0. The molecule has 4 nitrogen and oxygen atoms in total. The van der Waals surface area contributed by atoms with Gasteiger partial charge in [-0.3, -0.25) is 4.79 Å². The van der Waals surface area contributed by atoms with Crippen molar-refractivity contribution in [3.05, 3.63) is 35.4 Å². The summed E-state index contributed by atoms with van der Waals surface area (Å²) in [6.45, 7) is 3.07. The summed E-state index contributed by atoms with van der Waals surface area (Å²) in [7, 11) is 1.86. The fourth-order valence-electron chi connectivity index (χ4n) is 5.05. The smallest absolute Gasteiger partial charge is 0.225 e. The van der Waals surface area contributed by atoms with Crippen LogP contribution in [0.1, 0.15) is 36.8 Å². The minimum absolute atomic E-state index is 0.198. The van der Waals surface area contributed by atoms with Crippen molar-refractivity contribution in [1.82, 2.24) is 9.80 Å². The molecular formula is C22H32N2O2. The van der Waals surface area contributed by atoms with E-state index in [-0.39, 0.29) is 11.8 Å². The van der Waals surface area contributed by atoms with Crippen molar-refractivity contribution in [2.24, 2.45) is 17.8 Å². The third kappa shape index (κ3) is 4.12. The molecule has 1 aromatic rings. The topological polar surface area (TPSA) is 43.8 Å². The molecule has 0 aromatic heterocycles. The van der Waals surface area contributed by atoms with Crippen LogP contribution in [0.25, 0.3) is 0 Å². The van der Waals surface area contributed by atoms with Gasteiger partial charge in [0.05, 0.1) is 6.10 Å². The molecular weight excluding hydrogens is 324 g/mol. The maximum atomic E-state index is 12.7. The second-order valence-electron chi connectivity index (χ2n) is 8.71. The molecule has 0 saturated heterocycles. The van der Waals surface area contributed by atoms with Crippen LogP contribution in [0.3, 0.4) is 0 Å². The number of likely N-dealkylation sites (N-methyl/N-ethyl adjacent to an activating group) is 1. The first kappa shape index (κ1) is 18.0. The quantitative estimate of drug-likeness (QED) is 0.881. The van der Waals surface area contributed by atoms with Crippen LogP contribution in [0.4, 0.5) is 0 Å². The van der Waals surface area contributed by atoms with Crippen molar-refractivity contribution in [2.45, 2.75) is 44.6 Å². The van der Waals surface area contributed by atoms with Crippen LogP contribution in [-0.4, -0.2) is 60.1 Å². The first-order chi connectivity index (χ1) is 12.6. The molecule has 4 rings (SSSR count). The number of carbonyl (C=O) groups excluding carboxylic acids is 1. The molecule has 26 heavy (non-hydrogen) atoms. The Bertz CT molecular complexity index is 620. The molecule has 4 heteroatoms. The minimum Gasteiger partial charge on any atom is -0.390 e. The Morgan fingerprint density at radius 2 is 1.85 bits per heavy atom. The summed E-state index contributed by atoms with van der Waals surface area (Å²) in [6.07, 6.45) is 6.31. The molecule has 4 atom stereocenters. The average molecular weight is 357 g/mol. The van der Waals surface area contributed by atoms with Gasteiger partial charge in [-0.15, -0.1) is 0 Å². The van der Waals surface area contributed by atoms with Crippen LogP contribution in [-0.2, 0) is 17.6 Å². The van der Waals surface area contributed by atoms with E-state index in [1.54, 1.807) is 4.90 Å². The fraction of sp³-hybridized carbons (Fsp3) is 0.682. The molecule has 2 saturated carbocycles. The van der Waals surface area contributed by atoms with Crippen LogP contribution in [0, 0.1) is 17.8 Å². The van der Waals surface area contributed by atoms with Crippen molar-refractivity contribution >= 4 is 5.91 Å². The second-order valence-corrected chi connectivity index (χ2v) is 8.71. The Hall–Kier alpha value is -1.39. The number of amides is 1. The van der Waals surface area contributed by atoms with Gasteiger partial charge in [-0.25, -0.2) is 0 Å². The van der Waals surface area contributed by atoms with Gasteiger partial charge >= 0.3 is 0 Å². The van der Waals surface area contributed by atoms with Gasteiger partial charge in [-0.1, -0.05) is 24.3 Å². The lowest BCUT2D eigenvalue weighted by atomic mass is 9.88. The molecule has 0 bridgehead atoms. The lowest BCUT2D eigenvalue weighted by Crippen LogP contribution is -2.43. The van der Waals surface area contributed by atoms with Crippen molar-refractivity contribution in [3.63, 3.8) is 0 Å². The van der Waals surface area contributed by atoms with Crippen molar-refractivity contribution in [2.75, 3.05) is 33.2 Å². The number of fused-ring (bicyclic) bond motifs is 2. The number of benzene rings is 1. The summed E-state index contributed by atoms with van der Waals surface area (Å²) in [5.41, 5.74) is 2.87. The van der Waals surface area contributed by atoms with Crippen LogP contribution in [0.15, 0.2) is 24.3 Å². The summed E-state index contributed by atoms with van der Waals surface area (Å²) in [4.78, 5) is 16.8. The van der Waals surface area contributed by atoms with E-state index in [0.29, 0.717) is 13.1 Å². The summed E-state index contributed by atoms with van der Waals surface area (Å²) >= 11 is 0. The highest BCUT2D eigenvalue weighted by atomic mass is 16.3. The Kier molecular flexibility index (Phi) is 5.32. The monoisotopic (exact) mass is 356 g/mol. The van der Waals surface area contributed by atoms with Gasteiger partial charge in [-0.2, -0.15) is 0 Å². The highest BCUT2D eigenvalue weighted by molar-refractivity contribution is 5.78. The third-order valence-electron chi connectivity index (χ3n) is 6.73. The first-order valence-electron chi connectivity index (χ1n) is 10.3. The Morgan fingerprint density at radius 3 is 2.50 bits per heavy atom. The number of β-amino-alcohol motifs (C(OH)–C–C–N with tert-alkyl or cyclic N) is 1. The molecule has 1 aliphatic heterocycles. The molecule has 0 spiro atoms. The predicted octanol–water partition coefficient (Wildman–Crippen LogP) is 2.34. The number of aliphatic hydroxyl groups excluding tert-OH is 1. The third-order valence-corrected chi connectivity index (χ3v) is 6.73. The van der Waals surface area contributed by atoms with Gasteiger partial charge in [0.15, 0.2) is 0 Å². The Labute approximate surface area is 157 Å². The highest BCUT2D eigenvalue weighted by Crippen LogP contribution is 2.51. The number of carbonyl (C=O) groups is 1. The highest BCUT2D eigenvalue weighted by Gasteiger charge is 2.44. The molecule has 0 radical (unpaired) electrons. The maximum Gasteiger partial charge on any atom is 0.225 e. The number of hydrogen-bond donors (Lipinski definition) is 1. The van der Waals surface area contributed by atoms with Gasteiger partial charge < -0.3 is 14.9 Å². The van der Waals surface area contributed by atoms with E-state index in [2.05, 4.69) is 29.2 Å². The second kappa shape index (κ2) is 7.69. The van der Waals surface area contributed by atoms with Crippen LogP contribution >= 0.6 is 0 Å². The average Bonchev–Trinajstić information content (AvgIpc) is 3.44. The summed E-state index contributed by atoms with van der Waals surface area (Å²) in [5.74, 6) is 2.18.